The maximum Gasteiger partial charge on any atom is 0.178 e. The van der Waals surface area contributed by atoms with Gasteiger partial charge in [-0.3, -0.25) is 4.90 Å². The first-order chi connectivity index (χ1) is 26.8. The van der Waals surface area contributed by atoms with Gasteiger partial charge in [0.05, 0.1) is 11.0 Å². The number of rotatable bonds is 6. The fourth-order valence-electron chi connectivity index (χ4n) is 8.93. The third kappa shape index (κ3) is 5.03. The van der Waals surface area contributed by atoms with E-state index in [1.807, 2.05) is 11.3 Å². The SMILES string of the molecule is C1=CC(C2NC(c3cccc(-n4c5ccccc5c5ccc(-c6cccc7c6sc6c(-c8ccccc8)cccc67)cc54)c3)[NH+]2c2ccccc2)=CCC1. The van der Waals surface area contributed by atoms with E-state index in [0.717, 1.165) is 12.8 Å². The lowest BCUT2D eigenvalue weighted by Crippen LogP contribution is -3.23. The highest BCUT2D eigenvalue weighted by Gasteiger charge is 2.46. The second-order valence-corrected chi connectivity index (χ2v) is 15.6. The molecule has 4 heteroatoms. The molecule has 2 aliphatic rings. The standard InChI is InChI=1S/C50H37N3S/c1-4-15-33(16-5-1)39-24-13-26-43-44-27-14-25-40(48(44)54-47(39)43)35-29-30-42-41-23-10-11-28-45(41)52(46(42)32-35)38-22-12-19-36(31-38)50-51-49(34-17-6-2-7-18-34)53(50)37-20-8-3-9-21-37/h1,3-6,8-32,49-51H,2,7H2/p+1. The molecule has 258 valence electrons. The molecular weight excluding hydrogens is 675 g/mol. The lowest BCUT2D eigenvalue weighted by atomic mass is 9.96. The van der Waals surface area contributed by atoms with E-state index in [9.17, 15) is 0 Å². The molecule has 0 saturated carbocycles. The van der Waals surface area contributed by atoms with Crippen LogP contribution in [0, 0.1) is 0 Å². The summed E-state index contributed by atoms with van der Waals surface area (Å²) < 4.78 is 5.14. The van der Waals surface area contributed by atoms with Crippen molar-refractivity contribution in [2.75, 3.05) is 0 Å². The maximum atomic E-state index is 3.97. The van der Waals surface area contributed by atoms with Crippen LogP contribution in [0.5, 0.6) is 0 Å². The van der Waals surface area contributed by atoms with Gasteiger partial charge in [0.1, 0.15) is 5.69 Å². The van der Waals surface area contributed by atoms with Gasteiger partial charge < -0.3 is 4.57 Å². The molecule has 7 aromatic carbocycles. The highest BCUT2D eigenvalue weighted by Crippen LogP contribution is 2.45. The summed E-state index contributed by atoms with van der Waals surface area (Å²) in [4.78, 5) is 1.45. The van der Waals surface area contributed by atoms with E-state index < -0.39 is 0 Å². The summed E-state index contributed by atoms with van der Waals surface area (Å²) in [7, 11) is 0. The maximum absolute atomic E-state index is 3.97. The smallest absolute Gasteiger partial charge is 0.178 e. The van der Waals surface area contributed by atoms with Gasteiger partial charge in [-0.05, 0) is 71.5 Å². The number of hydrogen-bond donors (Lipinski definition) is 2. The number of nitrogens with one attached hydrogen (secondary N) is 2. The fraction of sp³-hybridized carbons (Fsp3) is 0.0800. The molecule has 1 aliphatic carbocycles. The molecule has 3 nitrogen and oxygen atoms in total. The number of allylic oxidation sites excluding steroid dienone is 2. The predicted octanol–water partition coefficient (Wildman–Crippen LogP) is 11.9. The average molecular weight is 713 g/mol. The van der Waals surface area contributed by atoms with E-state index in [1.54, 1.807) is 0 Å². The molecule has 1 fully saturated rings. The van der Waals surface area contributed by atoms with Crippen molar-refractivity contribution in [1.82, 2.24) is 9.88 Å². The zero-order valence-corrected chi connectivity index (χ0v) is 30.6. The summed E-state index contributed by atoms with van der Waals surface area (Å²) in [5, 5.41) is 9.14. The van der Waals surface area contributed by atoms with Crippen molar-refractivity contribution >= 4 is 59.0 Å². The molecule has 1 saturated heterocycles. The minimum absolute atomic E-state index is 0.142. The van der Waals surface area contributed by atoms with Crippen LogP contribution in [0.25, 0.3) is 69.9 Å². The Morgan fingerprint density at radius 2 is 1.22 bits per heavy atom. The van der Waals surface area contributed by atoms with E-state index in [4.69, 9.17) is 0 Å². The number of thiophene rings is 1. The van der Waals surface area contributed by atoms with Crippen molar-refractivity contribution in [2.45, 2.75) is 25.2 Å². The number of fused-ring (bicyclic) bond motifs is 6. The Bertz CT molecular complexity index is 2930. The fourth-order valence-corrected chi connectivity index (χ4v) is 10.3. The molecule has 9 aromatic rings. The molecule has 0 radical (unpaired) electrons. The molecule has 0 spiro atoms. The predicted molar refractivity (Wildman–Crippen MR) is 228 cm³/mol. The Morgan fingerprint density at radius 3 is 2.00 bits per heavy atom. The van der Waals surface area contributed by atoms with Gasteiger partial charge in [0, 0.05) is 47.8 Å². The second kappa shape index (κ2) is 12.8. The van der Waals surface area contributed by atoms with Gasteiger partial charge in [-0.2, -0.15) is 0 Å². The summed E-state index contributed by atoms with van der Waals surface area (Å²) >= 11 is 1.91. The van der Waals surface area contributed by atoms with Crippen molar-refractivity contribution in [3.8, 4) is 27.9 Å². The Kier molecular flexibility index (Phi) is 7.47. The van der Waals surface area contributed by atoms with E-state index in [1.165, 1.54) is 91.6 Å². The first-order valence-corrected chi connectivity index (χ1v) is 19.8. The van der Waals surface area contributed by atoms with Crippen LogP contribution in [0.2, 0.25) is 0 Å². The minimum atomic E-state index is 0.142. The molecule has 0 bridgehead atoms. The van der Waals surface area contributed by atoms with Gasteiger partial charge in [0.2, 0.25) is 0 Å². The van der Waals surface area contributed by atoms with Crippen molar-refractivity contribution < 1.29 is 4.90 Å². The summed E-state index contributed by atoms with van der Waals surface area (Å²) in [6, 6.07) is 60.4. The zero-order valence-electron chi connectivity index (χ0n) is 29.7. The minimum Gasteiger partial charge on any atom is -0.309 e. The molecular formula is C50H38N3S+. The summed E-state index contributed by atoms with van der Waals surface area (Å²) in [6.45, 7) is 0. The number of hydrogen-bond acceptors (Lipinski definition) is 2. The molecule has 2 aromatic heterocycles. The van der Waals surface area contributed by atoms with Crippen LogP contribution in [0.15, 0.2) is 188 Å². The van der Waals surface area contributed by atoms with Crippen molar-refractivity contribution in [3.05, 3.63) is 193 Å². The van der Waals surface area contributed by atoms with Crippen LogP contribution in [0.1, 0.15) is 24.6 Å². The molecule has 1 aliphatic heterocycles. The number of aromatic nitrogens is 1. The van der Waals surface area contributed by atoms with Gasteiger partial charge in [0.15, 0.2) is 12.3 Å². The second-order valence-electron chi connectivity index (χ2n) is 14.5. The first-order valence-electron chi connectivity index (χ1n) is 19.0. The van der Waals surface area contributed by atoms with Crippen LogP contribution < -0.4 is 10.2 Å². The molecule has 11 rings (SSSR count). The molecule has 54 heavy (non-hydrogen) atoms. The number of benzene rings is 7. The lowest BCUT2D eigenvalue weighted by molar-refractivity contribution is -0.948. The Hall–Kier alpha value is -6.04. The van der Waals surface area contributed by atoms with E-state index in [-0.39, 0.29) is 12.3 Å². The highest BCUT2D eigenvalue weighted by atomic mass is 32.1. The van der Waals surface area contributed by atoms with Crippen LogP contribution in [-0.2, 0) is 0 Å². The third-order valence-corrected chi connectivity index (χ3v) is 12.8. The average Bonchev–Trinajstić information content (AvgIpc) is 3.77. The molecule has 3 atom stereocenters. The van der Waals surface area contributed by atoms with E-state index in [2.05, 4.69) is 192 Å². The van der Waals surface area contributed by atoms with Gasteiger partial charge >= 0.3 is 0 Å². The zero-order chi connectivity index (χ0) is 35.6. The number of para-hydroxylation sites is 2. The van der Waals surface area contributed by atoms with Gasteiger partial charge in [0.25, 0.3) is 0 Å². The number of quaternary nitrogens is 1. The summed E-state index contributed by atoms with van der Waals surface area (Å²) in [5.74, 6) is 0. The normalized spacial score (nSPS) is 18.4. The Labute approximate surface area is 318 Å². The third-order valence-electron chi connectivity index (χ3n) is 11.5. The van der Waals surface area contributed by atoms with Crippen molar-refractivity contribution in [1.29, 1.82) is 0 Å². The summed E-state index contributed by atoms with van der Waals surface area (Å²) in [5.41, 5.74) is 12.7. The Balaban J connectivity index is 1.05. The first kappa shape index (κ1) is 31.5. The van der Waals surface area contributed by atoms with Crippen molar-refractivity contribution in [2.24, 2.45) is 0 Å². The van der Waals surface area contributed by atoms with Crippen LogP contribution in [-0.4, -0.2) is 10.7 Å². The molecule has 3 unspecified atom stereocenters. The van der Waals surface area contributed by atoms with Crippen LogP contribution in [0.3, 0.4) is 0 Å². The van der Waals surface area contributed by atoms with Crippen LogP contribution in [0.4, 0.5) is 5.69 Å². The molecule has 3 heterocycles. The van der Waals surface area contributed by atoms with E-state index in [0.29, 0.717) is 0 Å². The van der Waals surface area contributed by atoms with Gasteiger partial charge in [-0.1, -0.05) is 146 Å². The topological polar surface area (TPSA) is 21.4 Å². The van der Waals surface area contributed by atoms with Gasteiger partial charge in [-0.25, -0.2) is 5.32 Å². The lowest BCUT2D eigenvalue weighted by Gasteiger charge is -2.46. The van der Waals surface area contributed by atoms with Gasteiger partial charge in [-0.15, -0.1) is 11.3 Å². The molecule has 2 N–H and O–H groups in total. The molecule has 0 amide bonds. The van der Waals surface area contributed by atoms with Crippen molar-refractivity contribution in [3.63, 3.8) is 0 Å². The monoisotopic (exact) mass is 712 g/mol. The number of nitrogens with zero attached hydrogens (tertiary/aromatic N) is 1. The highest BCUT2D eigenvalue weighted by molar-refractivity contribution is 7.26. The quantitative estimate of drug-likeness (QED) is 0.176. The van der Waals surface area contributed by atoms with E-state index >= 15 is 0 Å². The Morgan fingerprint density at radius 1 is 0.537 bits per heavy atom. The summed E-state index contributed by atoms with van der Waals surface area (Å²) in [6.07, 6.45) is 9.63. The van der Waals surface area contributed by atoms with Crippen LogP contribution >= 0.6 is 11.3 Å². The largest absolute Gasteiger partial charge is 0.309 e.